The van der Waals surface area contributed by atoms with Gasteiger partial charge in [-0.1, -0.05) is 11.6 Å². The Morgan fingerprint density at radius 2 is 2.19 bits per heavy atom. The summed E-state index contributed by atoms with van der Waals surface area (Å²) in [5.74, 6) is 0.303. The van der Waals surface area contributed by atoms with E-state index in [1.54, 1.807) is 6.33 Å². The van der Waals surface area contributed by atoms with Crippen LogP contribution < -0.4 is 5.32 Å². The van der Waals surface area contributed by atoms with Crippen molar-refractivity contribution in [2.45, 2.75) is 50.5 Å². The SMILES string of the molecule is O=C(C1=CC2=C(CCCC2)C1)[C@@]1(Cc2cnc[nH]2)CCN1. The van der Waals surface area contributed by atoms with Crippen molar-refractivity contribution in [1.82, 2.24) is 15.3 Å². The van der Waals surface area contributed by atoms with Gasteiger partial charge in [0.2, 0.25) is 0 Å². The van der Waals surface area contributed by atoms with Crippen LogP contribution in [0.4, 0.5) is 0 Å². The predicted octanol–water partition coefficient (Wildman–Crippen LogP) is 2.45. The molecule has 0 unspecified atom stereocenters. The third kappa shape index (κ3) is 2.18. The number of hydrogen-bond acceptors (Lipinski definition) is 3. The maximum absolute atomic E-state index is 13.0. The molecular formula is C17H21N3O. The van der Waals surface area contributed by atoms with Gasteiger partial charge in [0.05, 0.1) is 11.9 Å². The minimum Gasteiger partial charge on any atom is -0.348 e. The fraction of sp³-hybridized carbons (Fsp3) is 0.529. The van der Waals surface area contributed by atoms with Crippen molar-refractivity contribution in [1.29, 1.82) is 0 Å². The second-order valence-corrected chi connectivity index (χ2v) is 6.52. The van der Waals surface area contributed by atoms with Crippen LogP contribution in [-0.2, 0) is 11.2 Å². The number of Topliss-reactive ketones (excluding diaryl/α,β-unsaturated/α-hetero) is 1. The highest BCUT2D eigenvalue weighted by molar-refractivity contribution is 6.05. The topological polar surface area (TPSA) is 57.8 Å². The van der Waals surface area contributed by atoms with Crippen LogP contribution in [0.25, 0.3) is 0 Å². The molecule has 21 heavy (non-hydrogen) atoms. The molecule has 4 nitrogen and oxygen atoms in total. The summed E-state index contributed by atoms with van der Waals surface area (Å²) in [7, 11) is 0. The van der Waals surface area contributed by atoms with Crippen molar-refractivity contribution < 1.29 is 4.79 Å². The molecule has 1 aromatic heterocycles. The maximum Gasteiger partial charge on any atom is 0.179 e. The first-order valence-electron chi connectivity index (χ1n) is 7.95. The summed E-state index contributed by atoms with van der Waals surface area (Å²) in [6, 6.07) is 0. The summed E-state index contributed by atoms with van der Waals surface area (Å²) in [6.07, 6.45) is 13.1. The summed E-state index contributed by atoms with van der Waals surface area (Å²) >= 11 is 0. The van der Waals surface area contributed by atoms with Gasteiger partial charge in [-0.15, -0.1) is 0 Å². The van der Waals surface area contributed by atoms with Gasteiger partial charge < -0.3 is 10.3 Å². The van der Waals surface area contributed by atoms with Crippen LogP contribution in [0.3, 0.4) is 0 Å². The highest BCUT2D eigenvalue weighted by atomic mass is 16.1. The van der Waals surface area contributed by atoms with E-state index in [1.165, 1.54) is 30.4 Å². The molecule has 3 aliphatic rings. The molecule has 0 amide bonds. The summed E-state index contributed by atoms with van der Waals surface area (Å²) in [6.45, 7) is 0.931. The highest BCUT2D eigenvalue weighted by Crippen LogP contribution is 2.39. The van der Waals surface area contributed by atoms with Crippen LogP contribution in [0.2, 0.25) is 0 Å². The third-order valence-corrected chi connectivity index (χ3v) is 5.17. The molecule has 1 aliphatic heterocycles. The van der Waals surface area contributed by atoms with Gasteiger partial charge in [0.15, 0.2) is 5.78 Å². The number of H-pyrrole nitrogens is 1. The van der Waals surface area contributed by atoms with Crippen molar-refractivity contribution in [3.05, 3.63) is 41.0 Å². The van der Waals surface area contributed by atoms with E-state index in [-0.39, 0.29) is 0 Å². The van der Waals surface area contributed by atoms with E-state index in [9.17, 15) is 4.79 Å². The zero-order valence-electron chi connectivity index (χ0n) is 12.2. The molecule has 1 saturated heterocycles. The number of hydrogen-bond donors (Lipinski definition) is 2. The van der Waals surface area contributed by atoms with Crippen molar-refractivity contribution >= 4 is 5.78 Å². The predicted molar refractivity (Wildman–Crippen MR) is 80.8 cm³/mol. The Morgan fingerprint density at radius 3 is 2.86 bits per heavy atom. The normalized spacial score (nSPS) is 28.1. The average Bonchev–Trinajstić information content (AvgIpc) is 3.10. The number of carbonyl (C=O) groups is 1. The molecule has 0 aromatic carbocycles. The number of imidazole rings is 1. The Labute approximate surface area is 124 Å². The van der Waals surface area contributed by atoms with Crippen molar-refractivity contribution in [3.8, 4) is 0 Å². The van der Waals surface area contributed by atoms with Crippen LogP contribution in [-0.4, -0.2) is 27.8 Å². The molecule has 4 heteroatoms. The quantitative estimate of drug-likeness (QED) is 0.892. The monoisotopic (exact) mass is 283 g/mol. The van der Waals surface area contributed by atoms with Gasteiger partial charge >= 0.3 is 0 Å². The van der Waals surface area contributed by atoms with Gasteiger partial charge in [0, 0.05) is 23.9 Å². The van der Waals surface area contributed by atoms with E-state index in [1.807, 2.05) is 6.20 Å². The second kappa shape index (κ2) is 4.95. The van der Waals surface area contributed by atoms with Crippen LogP contribution in [0.5, 0.6) is 0 Å². The zero-order valence-corrected chi connectivity index (χ0v) is 12.2. The van der Waals surface area contributed by atoms with Crippen LogP contribution in [0, 0.1) is 0 Å². The van der Waals surface area contributed by atoms with E-state index >= 15 is 0 Å². The molecule has 0 radical (unpaired) electrons. The van der Waals surface area contributed by atoms with Crippen LogP contribution >= 0.6 is 0 Å². The average molecular weight is 283 g/mol. The number of rotatable bonds is 4. The molecule has 1 atom stereocenters. The highest BCUT2D eigenvalue weighted by Gasteiger charge is 2.45. The molecule has 0 bridgehead atoms. The fourth-order valence-electron chi connectivity index (χ4n) is 3.87. The number of allylic oxidation sites excluding steroid dienone is 3. The Bertz CT molecular complexity index is 620. The lowest BCUT2D eigenvalue weighted by Gasteiger charge is -2.42. The van der Waals surface area contributed by atoms with Crippen LogP contribution in [0.15, 0.2) is 35.3 Å². The summed E-state index contributed by atoms with van der Waals surface area (Å²) in [4.78, 5) is 20.2. The standard InChI is InChI=1S/C17H21N3O/c21-16(14-7-12-3-1-2-4-13(12)8-14)17(5-6-20-17)9-15-10-18-11-19-15/h7,10-11,20H,1-6,8-9H2,(H,18,19)/t17-/m0/s1. The minimum absolute atomic E-state index is 0.303. The van der Waals surface area contributed by atoms with Crippen molar-refractivity contribution in [2.75, 3.05) is 6.54 Å². The van der Waals surface area contributed by atoms with E-state index in [0.29, 0.717) is 12.2 Å². The van der Waals surface area contributed by atoms with E-state index in [4.69, 9.17) is 0 Å². The Morgan fingerprint density at radius 1 is 1.33 bits per heavy atom. The molecule has 4 rings (SSSR count). The van der Waals surface area contributed by atoms with Crippen molar-refractivity contribution in [3.63, 3.8) is 0 Å². The summed E-state index contributed by atoms with van der Waals surface area (Å²) < 4.78 is 0. The first-order valence-corrected chi connectivity index (χ1v) is 7.95. The Kier molecular flexibility index (Phi) is 3.07. The molecule has 0 spiro atoms. The summed E-state index contributed by atoms with van der Waals surface area (Å²) in [5.41, 5.74) is 4.62. The zero-order chi connectivity index (χ0) is 14.3. The lowest BCUT2D eigenvalue weighted by Crippen LogP contribution is -2.64. The molecule has 2 N–H and O–H groups in total. The number of nitrogens with zero attached hydrogens (tertiary/aromatic N) is 1. The van der Waals surface area contributed by atoms with Gasteiger partial charge in [-0.2, -0.15) is 0 Å². The fourth-order valence-corrected chi connectivity index (χ4v) is 3.87. The lowest BCUT2D eigenvalue weighted by molar-refractivity contribution is -0.124. The van der Waals surface area contributed by atoms with E-state index in [2.05, 4.69) is 21.4 Å². The molecule has 2 heterocycles. The lowest BCUT2D eigenvalue weighted by atomic mass is 9.76. The molecule has 0 saturated carbocycles. The number of nitrogens with one attached hydrogen (secondary N) is 2. The second-order valence-electron chi connectivity index (χ2n) is 6.52. The number of carbonyl (C=O) groups excluding carboxylic acids is 1. The molecule has 1 fully saturated rings. The van der Waals surface area contributed by atoms with Crippen LogP contribution in [0.1, 0.15) is 44.2 Å². The number of aromatic nitrogens is 2. The molecule has 1 aromatic rings. The van der Waals surface area contributed by atoms with Gasteiger partial charge in [-0.05, 0) is 50.6 Å². The Balaban J connectivity index is 1.54. The number of aromatic amines is 1. The molecular weight excluding hydrogens is 262 g/mol. The smallest absolute Gasteiger partial charge is 0.179 e. The molecule has 110 valence electrons. The summed E-state index contributed by atoms with van der Waals surface area (Å²) in [5, 5.41) is 3.40. The van der Waals surface area contributed by atoms with E-state index in [0.717, 1.165) is 37.1 Å². The van der Waals surface area contributed by atoms with E-state index < -0.39 is 5.54 Å². The van der Waals surface area contributed by atoms with Crippen molar-refractivity contribution in [2.24, 2.45) is 0 Å². The van der Waals surface area contributed by atoms with Gasteiger partial charge in [0.1, 0.15) is 0 Å². The largest absolute Gasteiger partial charge is 0.348 e. The van der Waals surface area contributed by atoms with Gasteiger partial charge in [-0.25, -0.2) is 4.98 Å². The third-order valence-electron chi connectivity index (χ3n) is 5.17. The minimum atomic E-state index is -0.396. The molecule has 2 aliphatic carbocycles. The maximum atomic E-state index is 13.0. The van der Waals surface area contributed by atoms with Gasteiger partial charge in [-0.3, -0.25) is 4.79 Å². The first-order chi connectivity index (χ1) is 10.3. The van der Waals surface area contributed by atoms with Gasteiger partial charge in [0.25, 0.3) is 0 Å². The first kappa shape index (κ1) is 13.0. The number of ketones is 1. The Hall–Kier alpha value is -1.68.